The summed E-state index contributed by atoms with van der Waals surface area (Å²) >= 11 is 0. The molecule has 0 unspecified atom stereocenters. The SMILES string of the molecule is Cc1ccccc1N(CC(=O)Nc1ccccc1N1CCOCC1)S(C)(=O)=O. The van der Waals surface area contributed by atoms with Crippen molar-refractivity contribution in [2.45, 2.75) is 6.92 Å². The standard InChI is InChI=1S/C20H25N3O4S/c1-16-7-3-5-9-18(16)23(28(2,25)26)15-20(24)21-17-8-4-6-10-19(17)22-11-13-27-14-12-22/h3-10H,11-15H2,1-2H3,(H,21,24). The van der Waals surface area contributed by atoms with Gasteiger partial charge in [0, 0.05) is 13.1 Å². The van der Waals surface area contributed by atoms with Crippen molar-refractivity contribution in [3.63, 3.8) is 0 Å². The van der Waals surface area contributed by atoms with Gasteiger partial charge < -0.3 is 15.0 Å². The Labute approximate surface area is 166 Å². The Morgan fingerprint density at radius 1 is 1.11 bits per heavy atom. The first-order valence-electron chi connectivity index (χ1n) is 9.11. The summed E-state index contributed by atoms with van der Waals surface area (Å²) in [4.78, 5) is 14.9. The smallest absolute Gasteiger partial charge is 0.245 e. The molecule has 0 radical (unpaired) electrons. The highest BCUT2D eigenvalue weighted by atomic mass is 32.2. The number of aryl methyl sites for hydroxylation is 1. The molecule has 1 amide bonds. The predicted molar refractivity (Wildman–Crippen MR) is 111 cm³/mol. The van der Waals surface area contributed by atoms with Crippen LogP contribution in [0.25, 0.3) is 0 Å². The molecule has 1 aliphatic rings. The fraction of sp³-hybridized carbons (Fsp3) is 0.350. The molecule has 1 N–H and O–H groups in total. The molecule has 28 heavy (non-hydrogen) atoms. The van der Waals surface area contributed by atoms with Gasteiger partial charge in [-0.2, -0.15) is 0 Å². The molecule has 3 rings (SSSR count). The van der Waals surface area contributed by atoms with Gasteiger partial charge in [0.15, 0.2) is 0 Å². The number of carbonyl (C=O) groups is 1. The summed E-state index contributed by atoms with van der Waals surface area (Å²) < 4.78 is 31.1. The van der Waals surface area contributed by atoms with E-state index < -0.39 is 15.9 Å². The molecule has 7 nitrogen and oxygen atoms in total. The molecule has 0 aromatic heterocycles. The molecule has 1 saturated heterocycles. The third-order valence-electron chi connectivity index (χ3n) is 4.60. The van der Waals surface area contributed by atoms with Crippen molar-refractivity contribution in [1.82, 2.24) is 0 Å². The van der Waals surface area contributed by atoms with Gasteiger partial charge in [-0.05, 0) is 30.7 Å². The maximum Gasteiger partial charge on any atom is 0.245 e. The summed E-state index contributed by atoms with van der Waals surface area (Å²) in [6.07, 6.45) is 1.11. The molecule has 0 atom stereocenters. The van der Waals surface area contributed by atoms with E-state index in [4.69, 9.17) is 4.74 Å². The minimum absolute atomic E-state index is 0.291. The van der Waals surface area contributed by atoms with E-state index in [1.807, 2.05) is 43.3 Å². The van der Waals surface area contributed by atoms with Crippen LogP contribution in [0.2, 0.25) is 0 Å². The molecular weight excluding hydrogens is 378 g/mol. The molecule has 0 aliphatic carbocycles. The van der Waals surface area contributed by atoms with Crippen LogP contribution in [0, 0.1) is 6.92 Å². The second-order valence-electron chi connectivity index (χ2n) is 6.72. The number of sulfonamides is 1. The summed E-state index contributed by atoms with van der Waals surface area (Å²) in [6, 6.07) is 14.6. The zero-order valence-electron chi connectivity index (χ0n) is 16.1. The summed E-state index contributed by atoms with van der Waals surface area (Å²) in [5, 5.41) is 2.87. The van der Waals surface area contributed by atoms with E-state index in [0.29, 0.717) is 24.6 Å². The van der Waals surface area contributed by atoms with Gasteiger partial charge in [-0.3, -0.25) is 9.10 Å². The number of ether oxygens (including phenoxy) is 1. The van der Waals surface area contributed by atoms with Crippen molar-refractivity contribution in [1.29, 1.82) is 0 Å². The van der Waals surface area contributed by atoms with Crippen LogP contribution < -0.4 is 14.5 Å². The molecule has 8 heteroatoms. The summed E-state index contributed by atoms with van der Waals surface area (Å²) in [5.74, 6) is -0.394. The lowest BCUT2D eigenvalue weighted by molar-refractivity contribution is -0.114. The highest BCUT2D eigenvalue weighted by molar-refractivity contribution is 7.92. The van der Waals surface area contributed by atoms with Gasteiger partial charge in [-0.25, -0.2) is 8.42 Å². The molecule has 150 valence electrons. The van der Waals surface area contributed by atoms with Crippen molar-refractivity contribution in [3.05, 3.63) is 54.1 Å². The van der Waals surface area contributed by atoms with Gasteiger partial charge in [0.2, 0.25) is 15.9 Å². The van der Waals surface area contributed by atoms with Crippen LogP contribution in [0.1, 0.15) is 5.56 Å². The monoisotopic (exact) mass is 403 g/mol. The van der Waals surface area contributed by atoms with Crippen LogP contribution in [0.4, 0.5) is 17.1 Å². The van der Waals surface area contributed by atoms with E-state index in [1.165, 1.54) is 0 Å². The van der Waals surface area contributed by atoms with Crippen LogP contribution >= 0.6 is 0 Å². The summed E-state index contributed by atoms with van der Waals surface area (Å²) in [7, 11) is -3.61. The number of amides is 1. The molecule has 0 saturated carbocycles. The largest absolute Gasteiger partial charge is 0.378 e. The number of anilines is 3. The van der Waals surface area contributed by atoms with Gasteiger partial charge in [0.05, 0.1) is 36.5 Å². The Balaban J connectivity index is 1.80. The van der Waals surface area contributed by atoms with Crippen LogP contribution in [-0.2, 0) is 19.6 Å². The molecule has 1 heterocycles. The fourth-order valence-electron chi connectivity index (χ4n) is 3.20. The van der Waals surface area contributed by atoms with Crippen molar-refractivity contribution in [2.24, 2.45) is 0 Å². The van der Waals surface area contributed by atoms with Crippen LogP contribution in [0.5, 0.6) is 0 Å². The van der Waals surface area contributed by atoms with E-state index >= 15 is 0 Å². The van der Waals surface area contributed by atoms with Gasteiger partial charge in [0.25, 0.3) is 0 Å². The van der Waals surface area contributed by atoms with Gasteiger partial charge in [-0.15, -0.1) is 0 Å². The number of benzene rings is 2. The molecule has 2 aromatic carbocycles. The lowest BCUT2D eigenvalue weighted by atomic mass is 10.2. The van der Waals surface area contributed by atoms with Gasteiger partial charge in [-0.1, -0.05) is 30.3 Å². The van der Waals surface area contributed by atoms with E-state index in [-0.39, 0.29) is 6.54 Å². The number of hydrogen-bond acceptors (Lipinski definition) is 5. The number of para-hydroxylation sites is 3. The Morgan fingerprint density at radius 2 is 1.75 bits per heavy atom. The van der Waals surface area contributed by atoms with E-state index in [0.717, 1.165) is 34.9 Å². The average molecular weight is 404 g/mol. The third-order valence-corrected chi connectivity index (χ3v) is 5.73. The van der Waals surface area contributed by atoms with Crippen molar-refractivity contribution >= 4 is 33.0 Å². The van der Waals surface area contributed by atoms with Crippen molar-refractivity contribution in [2.75, 3.05) is 53.6 Å². The van der Waals surface area contributed by atoms with Crippen LogP contribution in [-0.4, -0.2) is 53.4 Å². The normalized spacial score (nSPS) is 14.6. The lowest BCUT2D eigenvalue weighted by Gasteiger charge is -2.30. The molecule has 1 fully saturated rings. The zero-order valence-corrected chi connectivity index (χ0v) is 16.9. The topological polar surface area (TPSA) is 79.0 Å². The molecular formula is C20H25N3O4S. The molecule has 1 aliphatic heterocycles. The molecule has 2 aromatic rings. The quantitative estimate of drug-likeness (QED) is 0.800. The van der Waals surface area contributed by atoms with Crippen molar-refractivity contribution < 1.29 is 17.9 Å². The number of rotatable bonds is 6. The highest BCUT2D eigenvalue weighted by Crippen LogP contribution is 2.27. The Kier molecular flexibility index (Phi) is 6.21. The Hall–Kier alpha value is -2.58. The first-order chi connectivity index (χ1) is 13.4. The maximum atomic E-state index is 12.7. The maximum absolute atomic E-state index is 12.7. The second kappa shape index (κ2) is 8.62. The van der Waals surface area contributed by atoms with Gasteiger partial charge >= 0.3 is 0 Å². The van der Waals surface area contributed by atoms with Gasteiger partial charge in [0.1, 0.15) is 6.54 Å². The minimum atomic E-state index is -3.61. The third kappa shape index (κ3) is 4.82. The fourth-order valence-corrected chi connectivity index (χ4v) is 4.12. The number of carbonyl (C=O) groups excluding carboxylic acids is 1. The molecule has 0 bridgehead atoms. The molecule has 0 spiro atoms. The van der Waals surface area contributed by atoms with E-state index in [9.17, 15) is 13.2 Å². The highest BCUT2D eigenvalue weighted by Gasteiger charge is 2.23. The van der Waals surface area contributed by atoms with E-state index in [1.54, 1.807) is 12.1 Å². The minimum Gasteiger partial charge on any atom is -0.378 e. The second-order valence-corrected chi connectivity index (χ2v) is 8.63. The predicted octanol–water partition coefficient (Wildman–Crippen LogP) is 2.24. The number of nitrogens with one attached hydrogen (secondary N) is 1. The Morgan fingerprint density at radius 3 is 2.43 bits per heavy atom. The number of hydrogen-bond donors (Lipinski definition) is 1. The van der Waals surface area contributed by atoms with E-state index in [2.05, 4.69) is 10.2 Å². The lowest BCUT2D eigenvalue weighted by Crippen LogP contribution is -2.39. The summed E-state index contributed by atoms with van der Waals surface area (Å²) in [5.41, 5.74) is 2.85. The number of morpholine rings is 1. The first kappa shape index (κ1) is 20.2. The Bertz CT molecular complexity index is 940. The van der Waals surface area contributed by atoms with Crippen LogP contribution in [0.15, 0.2) is 48.5 Å². The summed E-state index contributed by atoms with van der Waals surface area (Å²) in [6.45, 7) is 4.28. The first-order valence-corrected chi connectivity index (χ1v) is 11.0. The average Bonchev–Trinajstić information content (AvgIpc) is 2.67. The van der Waals surface area contributed by atoms with Crippen LogP contribution in [0.3, 0.4) is 0 Å². The number of nitrogens with zero attached hydrogens (tertiary/aromatic N) is 2. The van der Waals surface area contributed by atoms with Crippen molar-refractivity contribution in [3.8, 4) is 0 Å². The zero-order chi connectivity index (χ0) is 20.1.